The molecule has 5 atom stereocenters. The third kappa shape index (κ3) is 6.18. The Morgan fingerprint density at radius 3 is 2.31 bits per heavy atom. The first-order valence-electron chi connectivity index (χ1n) is 12.4. The Kier molecular flexibility index (Phi) is 8.35. The van der Waals surface area contributed by atoms with Crippen LogP contribution in [0.5, 0.6) is 0 Å². The predicted molar refractivity (Wildman–Crippen MR) is 131 cm³/mol. The fourth-order valence-corrected chi connectivity index (χ4v) is 5.01. The number of carbonyl (C=O) groups excluding carboxylic acids is 3. The second kappa shape index (κ2) is 11.8. The third-order valence-corrected chi connectivity index (χ3v) is 6.75. The van der Waals surface area contributed by atoms with Crippen LogP contribution in [0, 0.1) is 11.8 Å². The van der Waals surface area contributed by atoms with Crippen molar-refractivity contribution < 1.29 is 28.6 Å². The molecular formula is C29H32O6. The van der Waals surface area contributed by atoms with E-state index in [9.17, 15) is 14.4 Å². The normalized spacial score (nSPS) is 24.1. The summed E-state index contributed by atoms with van der Waals surface area (Å²) in [6.45, 7) is 2.15. The Bertz CT molecular complexity index is 1030. The highest BCUT2D eigenvalue weighted by Gasteiger charge is 2.55. The summed E-state index contributed by atoms with van der Waals surface area (Å²) < 4.78 is 17.5. The van der Waals surface area contributed by atoms with Crippen LogP contribution in [0.25, 0.3) is 0 Å². The van der Waals surface area contributed by atoms with Gasteiger partial charge in [-0.3, -0.25) is 4.79 Å². The maximum absolute atomic E-state index is 13.0. The molecule has 0 bridgehead atoms. The molecule has 0 N–H and O–H groups in total. The van der Waals surface area contributed by atoms with Crippen molar-refractivity contribution in [3.63, 3.8) is 0 Å². The largest absolute Gasteiger partial charge is 0.462 e. The second-order valence-corrected chi connectivity index (χ2v) is 9.18. The van der Waals surface area contributed by atoms with Crippen LogP contribution in [0.2, 0.25) is 0 Å². The lowest BCUT2D eigenvalue weighted by Gasteiger charge is -2.29. The number of carbonyl (C=O) groups is 3. The number of hydrogen-bond donors (Lipinski definition) is 0. The number of fused-ring (bicyclic) bond motifs is 1. The summed E-state index contributed by atoms with van der Waals surface area (Å²) in [5.41, 5.74) is 0.899. The molecule has 0 aromatic heterocycles. The molecule has 2 aliphatic rings. The molecule has 184 valence electrons. The molecule has 1 aliphatic carbocycles. The van der Waals surface area contributed by atoms with E-state index < -0.39 is 24.1 Å². The molecular weight excluding hydrogens is 444 g/mol. The van der Waals surface area contributed by atoms with E-state index in [1.807, 2.05) is 24.3 Å². The fraction of sp³-hybridized carbons (Fsp3) is 0.414. The van der Waals surface area contributed by atoms with Gasteiger partial charge in [0.05, 0.1) is 17.5 Å². The highest BCUT2D eigenvalue weighted by molar-refractivity contribution is 5.90. The highest BCUT2D eigenvalue weighted by Crippen LogP contribution is 2.45. The van der Waals surface area contributed by atoms with Crippen LogP contribution in [0.15, 0.2) is 72.8 Å². The first kappa shape index (κ1) is 24.7. The number of benzene rings is 2. The van der Waals surface area contributed by atoms with Crippen LogP contribution in [0.4, 0.5) is 0 Å². The van der Waals surface area contributed by atoms with E-state index in [1.54, 1.807) is 48.5 Å². The molecule has 2 aromatic carbocycles. The quantitative estimate of drug-likeness (QED) is 0.194. The van der Waals surface area contributed by atoms with Gasteiger partial charge in [-0.2, -0.15) is 0 Å². The number of hydrogen-bond acceptors (Lipinski definition) is 6. The van der Waals surface area contributed by atoms with Crippen molar-refractivity contribution in [3.05, 3.63) is 83.9 Å². The number of allylic oxidation sites excluding steroid dienone is 1. The van der Waals surface area contributed by atoms with Crippen LogP contribution < -0.4 is 0 Å². The Morgan fingerprint density at radius 2 is 1.66 bits per heavy atom. The van der Waals surface area contributed by atoms with E-state index in [2.05, 4.69) is 6.92 Å². The van der Waals surface area contributed by atoms with Gasteiger partial charge in [0.2, 0.25) is 0 Å². The van der Waals surface area contributed by atoms with Crippen molar-refractivity contribution in [1.29, 1.82) is 0 Å². The summed E-state index contributed by atoms with van der Waals surface area (Å²) >= 11 is 0. The molecule has 4 rings (SSSR count). The maximum Gasteiger partial charge on any atom is 0.338 e. The first-order chi connectivity index (χ1) is 17.1. The van der Waals surface area contributed by atoms with E-state index in [0.29, 0.717) is 17.5 Å². The van der Waals surface area contributed by atoms with Crippen LogP contribution in [0.1, 0.15) is 66.2 Å². The summed E-state index contributed by atoms with van der Waals surface area (Å²) in [4.78, 5) is 38.0. The molecule has 1 saturated carbocycles. The fourth-order valence-electron chi connectivity index (χ4n) is 5.01. The minimum atomic E-state index is -0.651. The Hall–Kier alpha value is -3.41. The minimum Gasteiger partial charge on any atom is -0.462 e. The monoisotopic (exact) mass is 476 g/mol. The Morgan fingerprint density at radius 1 is 1.00 bits per heavy atom. The van der Waals surface area contributed by atoms with E-state index >= 15 is 0 Å². The molecule has 0 unspecified atom stereocenters. The summed E-state index contributed by atoms with van der Waals surface area (Å²) in [5.74, 6) is -1.72. The molecule has 2 fully saturated rings. The van der Waals surface area contributed by atoms with E-state index in [-0.39, 0.29) is 30.3 Å². The average molecular weight is 477 g/mol. The number of esters is 3. The van der Waals surface area contributed by atoms with Gasteiger partial charge >= 0.3 is 17.9 Å². The van der Waals surface area contributed by atoms with E-state index in [0.717, 1.165) is 25.7 Å². The van der Waals surface area contributed by atoms with Gasteiger partial charge in [0, 0.05) is 18.3 Å². The predicted octanol–water partition coefficient (Wildman–Crippen LogP) is 5.53. The zero-order valence-electron chi connectivity index (χ0n) is 20.0. The molecule has 35 heavy (non-hydrogen) atoms. The van der Waals surface area contributed by atoms with E-state index in [1.165, 1.54) is 0 Å². The second-order valence-electron chi connectivity index (χ2n) is 9.18. The van der Waals surface area contributed by atoms with Crippen molar-refractivity contribution in [1.82, 2.24) is 0 Å². The van der Waals surface area contributed by atoms with Crippen molar-refractivity contribution >= 4 is 17.9 Å². The van der Waals surface area contributed by atoms with Gasteiger partial charge in [-0.15, -0.1) is 0 Å². The summed E-state index contributed by atoms with van der Waals surface area (Å²) in [6, 6.07) is 17.6. The summed E-state index contributed by atoms with van der Waals surface area (Å²) in [5, 5.41) is 0. The summed E-state index contributed by atoms with van der Waals surface area (Å²) in [7, 11) is 0. The van der Waals surface area contributed by atoms with Crippen molar-refractivity contribution in [2.24, 2.45) is 11.8 Å². The first-order valence-corrected chi connectivity index (χ1v) is 12.4. The van der Waals surface area contributed by atoms with Crippen LogP contribution >= 0.6 is 0 Å². The molecule has 0 spiro atoms. The lowest BCUT2D eigenvalue weighted by Crippen LogP contribution is -2.37. The smallest absolute Gasteiger partial charge is 0.338 e. The molecule has 6 nitrogen and oxygen atoms in total. The lowest BCUT2D eigenvalue weighted by molar-refractivity contribution is -0.141. The van der Waals surface area contributed by atoms with Crippen LogP contribution in [-0.2, 0) is 19.0 Å². The van der Waals surface area contributed by atoms with Gasteiger partial charge in [0.1, 0.15) is 18.3 Å². The van der Waals surface area contributed by atoms with Crippen molar-refractivity contribution in [3.8, 4) is 0 Å². The van der Waals surface area contributed by atoms with E-state index in [4.69, 9.17) is 14.2 Å². The lowest BCUT2D eigenvalue weighted by atomic mass is 9.86. The van der Waals surface area contributed by atoms with Gasteiger partial charge < -0.3 is 14.2 Å². The summed E-state index contributed by atoms with van der Waals surface area (Å²) in [6.07, 6.45) is 7.12. The highest BCUT2D eigenvalue weighted by atomic mass is 16.6. The number of rotatable bonds is 10. The van der Waals surface area contributed by atoms with Crippen LogP contribution in [-0.4, -0.2) is 36.2 Å². The minimum absolute atomic E-state index is 0.190. The molecule has 0 radical (unpaired) electrons. The molecule has 0 amide bonds. The number of ether oxygens (including phenoxy) is 3. The Balaban J connectivity index is 1.58. The maximum atomic E-state index is 13.0. The molecule has 1 saturated heterocycles. The molecule has 1 aliphatic heterocycles. The van der Waals surface area contributed by atoms with Gasteiger partial charge in [-0.1, -0.05) is 62.2 Å². The van der Waals surface area contributed by atoms with Gasteiger partial charge in [-0.25, -0.2) is 9.59 Å². The topological polar surface area (TPSA) is 78.9 Å². The third-order valence-electron chi connectivity index (χ3n) is 6.75. The standard InChI is InChI=1S/C29H32O6/c1-2-3-4-5-12-17-23(34-28(31)20-13-8-6-9-14-20)27-22-18-26(30)33-24(22)19-25(27)35-29(32)21-15-10-7-11-16-21/h6-17,22-25,27H,2-5,18-19H2,1H3/b17-12-/t22-,23-,24-,25+,27-/m0/s1. The average Bonchev–Trinajstić information content (AvgIpc) is 3.39. The Labute approximate surface area is 206 Å². The SMILES string of the molecule is CCCCC/C=C\[C@H](OC(=O)c1ccccc1)[C@@H]1[C@H]2CC(=O)O[C@H]2C[C@H]1OC(=O)c1ccccc1. The molecule has 1 heterocycles. The molecule has 2 aromatic rings. The van der Waals surface area contributed by atoms with Crippen molar-refractivity contribution in [2.75, 3.05) is 0 Å². The van der Waals surface area contributed by atoms with Gasteiger partial charge in [-0.05, 0) is 43.2 Å². The van der Waals surface area contributed by atoms with Crippen molar-refractivity contribution in [2.45, 2.75) is 63.8 Å². The zero-order chi connectivity index (χ0) is 24.6. The zero-order valence-corrected chi connectivity index (χ0v) is 20.0. The van der Waals surface area contributed by atoms with Gasteiger partial charge in [0.15, 0.2) is 0 Å². The van der Waals surface area contributed by atoms with Crippen LogP contribution in [0.3, 0.4) is 0 Å². The molecule has 6 heteroatoms. The number of unbranched alkanes of at least 4 members (excludes halogenated alkanes) is 3. The van der Waals surface area contributed by atoms with Gasteiger partial charge in [0.25, 0.3) is 0 Å².